The van der Waals surface area contributed by atoms with Gasteiger partial charge in [-0.25, -0.2) is 0 Å². The molecule has 2 aliphatic rings. The second-order valence-electron chi connectivity index (χ2n) is 5.46. The Morgan fingerprint density at radius 1 is 1.06 bits per heavy atom. The summed E-state index contributed by atoms with van der Waals surface area (Å²) in [5.41, 5.74) is 0. The smallest absolute Gasteiger partial charge is 0.0132 e. The van der Waals surface area contributed by atoms with Gasteiger partial charge in [0.2, 0.25) is 0 Å². The summed E-state index contributed by atoms with van der Waals surface area (Å²) in [6.07, 6.45) is 10.3. The molecule has 2 rings (SSSR count). The Hall–Kier alpha value is 0.310. The summed E-state index contributed by atoms with van der Waals surface area (Å²) in [4.78, 5) is 0. The van der Waals surface area contributed by atoms with Gasteiger partial charge in [0.15, 0.2) is 0 Å². The van der Waals surface area contributed by atoms with Crippen molar-refractivity contribution in [1.82, 2.24) is 5.32 Å². The molecule has 0 aromatic carbocycles. The maximum absolute atomic E-state index is 3.81. The fourth-order valence-electron chi connectivity index (χ4n) is 3.46. The van der Waals surface area contributed by atoms with Crippen molar-refractivity contribution in [3.05, 3.63) is 0 Å². The van der Waals surface area contributed by atoms with E-state index in [4.69, 9.17) is 0 Å². The van der Waals surface area contributed by atoms with Crippen LogP contribution in [0.1, 0.15) is 51.9 Å². The van der Waals surface area contributed by atoms with Gasteiger partial charge in [-0.1, -0.05) is 32.6 Å². The first kappa shape index (κ1) is 12.8. The molecule has 1 aliphatic heterocycles. The van der Waals surface area contributed by atoms with E-state index in [1.54, 1.807) is 0 Å². The SMILES string of the molecule is CCNC(C1CCCCCC1)C1CCSC1. The summed E-state index contributed by atoms with van der Waals surface area (Å²) in [5.74, 6) is 4.76. The van der Waals surface area contributed by atoms with Crippen molar-refractivity contribution in [2.45, 2.75) is 57.9 Å². The molecular weight excluding hydrogens is 214 g/mol. The fourth-order valence-corrected chi connectivity index (χ4v) is 4.77. The van der Waals surface area contributed by atoms with Gasteiger partial charge in [0, 0.05) is 6.04 Å². The molecule has 0 spiro atoms. The van der Waals surface area contributed by atoms with Crippen molar-refractivity contribution in [1.29, 1.82) is 0 Å². The quantitative estimate of drug-likeness (QED) is 0.753. The standard InChI is InChI=1S/C14H27NS/c1-2-15-14(13-9-10-16-11-13)12-7-5-3-4-6-8-12/h12-15H,2-11H2,1H3. The molecule has 1 N–H and O–H groups in total. The van der Waals surface area contributed by atoms with Gasteiger partial charge in [0.25, 0.3) is 0 Å². The van der Waals surface area contributed by atoms with Crippen LogP contribution in [0.5, 0.6) is 0 Å². The lowest BCUT2D eigenvalue weighted by Crippen LogP contribution is -2.42. The summed E-state index contributed by atoms with van der Waals surface area (Å²) in [5, 5.41) is 3.81. The van der Waals surface area contributed by atoms with E-state index >= 15 is 0 Å². The van der Waals surface area contributed by atoms with E-state index in [0.717, 1.165) is 24.4 Å². The van der Waals surface area contributed by atoms with E-state index in [2.05, 4.69) is 24.0 Å². The summed E-state index contributed by atoms with van der Waals surface area (Å²) in [6, 6.07) is 0.832. The van der Waals surface area contributed by atoms with Gasteiger partial charge >= 0.3 is 0 Å². The van der Waals surface area contributed by atoms with Crippen LogP contribution in [0.15, 0.2) is 0 Å². The van der Waals surface area contributed by atoms with Crippen LogP contribution in [0, 0.1) is 11.8 Å². The molecule has 2 fully saturated rings. The molecule has 1 nitrogen and oxygen atoms in total. The van der Waals surface area contributed by atoms with Gasteiger partial charge < -0.3 is 5.32 Å². The Morgan fingerprint density at radius 3 is 2.38 bits per heavy atom. The third-order valence-corrected chi connectivity index (χ3v) is 5.51. The third kappa shape index (κ3) is 3.40. The fraction of sp³-hybridized carbons (Fsp3) is 1.00. The zero-order chi connectivity index (χ0) is 11.2. The molecule has 1 aliphatic carbocycles. The van der Waals surface area contributed by atoms with Gasteiger partial charge in [0.1, 0.15) is 0 Å². The Labute approximate surface area is 105 Å². The van der Waals surface area contributed by atoms with E-state index in [-0.39, 0.29) is 0 Å². The average Bonchev–Trinajstić information content (AvgIpc) is 2.69. The number of hydrogen-bond donors (Lipinski definition) is 1. The average molecular weight is 241 g/mol. The minimum Gasteiger partial charge on any atom is -0.314 e. The van der Waals surface area contributed by atoms with Crippen LogP contribution in [0.2, 0.25) is 0 Å². The highest BCUT2D eigenvalue weighted by molar-refractivity contribution is 7.99. The Morgan fingerprint density at radius 2 is 1.81 bits per heavy atom. The lowest BCUT2D eigenvalue weighted by atomic mass is 9.83. The maximum atomic E-state index is 3.81. The normalized spacial score (nSPS) is 30.2. The lowest BCUT2D eigenvalue weighted by Gasteiger charge is -2.31. The highest BCUT2D eigenvalue weighted by Gasteiger charge is 2.31. The monoisotopic (exact) mass is 241 g/mol. The van der Waals surface area contributed by atoms with Crippen molar-refractivity contribution in [3.63, 3.8) is 0 Å². The van der Waals surface area contributed by atoms with Gasteiger partial charge in [-0.2, -0.15) is 11.8 Å². The molecule has 0 aromatic rings. The van der Waals surface area contributed by atoms with E-state index < -0.39 is 0 Å². The molecule has 0 bridgehead atoms. The molecule has 94 valence electrons. The van der Waals surface area contributed by atoms with E-state index in [0.29, 0.717) is 0 Å². The first-order valence-corrected chi connectivity index (χ1v) is 8.38. The summed E-state index contributed by atoms with van der Waals surface area (Å²) in [7, 11) is 0. The molecule has 0 radical (unpaired) electrons. The molecule has 2 unspecified atom stereocenters. The van der Waals surface area contributed by atoms with E-state index in [1.807, 2.05) is 0 Å². The first-order valence-electron chi connectivity index (χ1n) is 7.23. The highest BCUT2D eigenvalue weighted by atomic mass is 32.2. The van der Waals surface area contributed by atoms with Crippen molar-refractivity contribution < 1.29 is 0 Å². The Bertz CT molecular complexity index is 181. The van der Waals surface area contributed by atoms with E-state index in [1.165, 1.54) is 56.5 Å². The number of nitrogens with one attached hydrogen (secondary N) is 1. The zero-order valence-electron chi connectivity index (χ0n) is 10.7. The Kier molecular flexibility index (Phi) is 5.51. The molecule has 0 aromatic heterocycles. The van der Waals surface area contributed by atoms with Crippen LogP contribution in [-0.2, 0) is 0 Å². The highest BCUT2D eigenvalue weighted by Crippen LogP contribution is 2.34. The van der Waals surface area contributed by atoms with Gasteiger partial charge in [-0.05, 0) is 49.1 Å². The predicted molar refractivity (Wildman–Crippen MR) is 74.1 cm³/mol. The van der Waals surface area contributed by atoms with Crippen LogP contribution >= 0.6 is 11.8 Å². The van der Waals surface area contributed by atoms with Crippen molar-refractivity contribution in [2.75, 3.05) is 18.1 Å². The summed E-state index contributed by atoms with van der Waals surface area (Å²) in [6.45, 7) is 3.42. The number of thioether (sulfide) groups is 1. The van der Waals surface area contributed by atoms with Crippen LogP contribution in [0.3, 0.4) is 0 Å². The third-order valence-electron chi connectivity index (χ3n) is 4.32. The molecule has 2 heteroatoms. The maximum Gasteiger partial charge on any atom is 0.0132 e. The van der Waals surface area contributed by atoms with Crippen LogP contribution in [0.4, 0.5) is 0 Å². The molecule has 1 saturated carbocycles. The summed E-state index contributed by atoms with van der Waals surface area (Å²) >= 11 is 2.17. The summed E-state index contributed by atoms with van der Waals surface area (Å²) < 4.78 is 0. The molecular formula is C14H27NS. The van der Waals surface area contributed by atoms with Gasteiger partial charge in [-0.3, -0.25) is 0 Å². The minimum atomic E-state index is 0.832. The second-order valence-corrected chi connectivity index (χ2v) is 6.61. The molecule has 1 heterocycles. The van der Waals surface area contributed by atoms with Crippen LogP contribution in [0.25, 0.3) is 0 Å². The largest absolute Gasteiger partial charge is 0.314 e. The van der Waals surface area contributed by atoms with E-state index in [9.17, 15) is 0 Å². The minimum absolute atomic E-state index is 0.832. The first-order chi connectivity index (χ1) is 7.92. The van der Waals surface area contributed by atoms with Crippen molar-refractivity contribution in [2.24, 2.45) is 11.8 Å². The second kappa shape index (κ2) is 6.90. The predicted octanol–water partition coefficient (Wildman–Crippen LogP) is 3.69. The van der Waals surface area contributed by atoms with Crippen molar-refractivity contribution in [3.8, 4) is 0 Å². The number of hydrogen-bond acceptors (Lipinski definition) is 2. The van der Waals surface area contributed by atoms with Crippen LogP contribution < -0.4 is 5.32 Å². The van der Waals surface area contributed by atoms with Crippen LogP contribution in [-0.4, -0.2) is 24.1 Å². The Balaban J connectivity index is 1.92. The molecule has 0 amide bonds. The molecule has 2 atom stereocenters. The lowest BCUT2D eigenvalue weighted by molar-refractivity contribution is 0.254. The molecule has 16 heavy (non-hydrogen) atoms. The van der Waals surface area contributed by atoms with Gasteiger partial charge in [-0.15, -0.1) is 0 Å². The topological polar surface area (TPSA) is 12.0 Å². The van der Waals surface area contributed by atoms with Gasteiger partial charge in [0.05, 0.1) is 0 Å². The molecule has 1 saturated heterocycles. The van der Waals surface area contributed by atoms with Crippen molar-refractivity contribution >= 4 is 11.8 Å². The number of rotatable bonds is 4. The zero-order valence-corrected chi connectivity index (χ0v) is 11.5.